The average Bonchev–Trinajstić information content (AvgIpc) is 2.78. The van der Waals surface area contributed by atoms with E-state index in [9.17, 15) is 14.4 Å². The Morgan fingerprint density at radius 3 is 2.68 bits per heavy atom. The maximum Gasteiger partial charge on any atom is 0.254 e. The number of carbonyl (C=O) groups excluding carboxylic acids is 3. The van der Waals surface area contributed by atoms with Crippen LogP contribution >= 0.6 is 23.2 Å². The van der Waals surface area contributed by atoms with E-state index in [1.807, 2.05) is 6.07 Å². The van der Waals surface area contributed by atoms with Gasteiger partial charge in [0.05, 0.1) is 11.3 Å². The van der Waals surface area contributed by atoms with Crippen LogP contribution in [0.4, 0.5) is 5.69 Å². The van der Waals surface area contributed by atoms with E-state index in [0.29, 0.717) is 34.3 Å². The standard InChI is InChI=1S/C20H19Cl2N3O3/c21-13-6-5-12(15(22)11-13)9-10-23-18(26)8-7-17-20(28)24-16-4-2-1-3-14(16)19(27)25-17/h1-6,11,17H,7-10H2,(H,23,26)(H,24,28)(H,25,27). The normalized spacial score (nSPS) is 15.9. The first-order valence-corrected chi connectivity index (χ1v) is 9.61. The van der Waals surface area contributed by atoms with E-state index >= 15 is 0 Å². The predicted octanol–water partition coefficient (Wildman–Crippen LogP) is 3.18. The minimum atomic E-state index is -0.767. The quantitative estimate of drug-likeness (QED) is 0.671. The molecule has 0 fully saturated rings. The van der Waals surface area contributed by atoms with Gasteiger partial charge in [0.1, 0.15) is 6.04 Å². The number of benzene rings is 2. The van der Waals surface area contributed by atoms with Gasteiger partial charge in [0, 0.05) is 23.0 Å². The smallest absolute Gasteiger partial charge is 0.254 e. The number of anilines is 1. The predicted molar refractivity (Wildman–Crippen MR) is 109 cm³/mol. The van der Waals surface area contributed by atoms with Crippen LogP contribution in [0.5, 0.6) is 0 Å². The maximum atomic E-state index is 12.3. The summed E-state index contributed by atoms with van der Waals surface area (Å²) in [6.07, 6.45) is 0.889. The highest BCUT2D eigenvalue weighted by atomic mass is 35.5. The van der Waals surface area contributed by atoms with Crippen LogP contribution in [0, 0.1) is 0 Å². The first kappa shape index (κ1) is 20.2. The van der Waals surface area contributed by atoms with Crippen LogP contribution in [-0.2, 0) is 16.0 Å². The van der Waals surface area contributed by atoms with Gasteiger partial charge >= 0.3 is 0 Å². The molecule has 0 aliphatic carbocycles. The van der Waals surface area contributed by atoms with Gasteiger partial charge in [-0.25, -0.2) is 0 Å². The number of fused-ring (bicyclic) bond motifs is 1. The van der Waals surface area contributed by atoms with Crippen molar-refractivity contribution in [1.82, 2.24) is 10.6 Å². The molecular weight excluding hydrogens is 401 g/mol. The van der Waals surface area contributed by atoms with Crippen LogP contribution in [0.3, 0.4) is 0 Å². The summed E-state index contributed by atoms with van der Waals surface area (Å²) in [6, 6.07) is 11.2. The van der Waals surface area contributed by atoms with E-state index in [2.05, 4.69) is 16.0 Å². The van der Waals surface area contributed by atoms with Crippen LogP contribution < -0.4 is 16.0 Å². The molecule has 1 aliphatic heterocycles. The molecule has 6 nitrogen and oxygen atoms in total. The first-order chi connectivity index (χ1) is 13.4. The number of hydrogen-bond donors (Lipinski definition) is 3. The van der Waals surface area contributed by atoms with E-state index in [0.717, 1.165) is 5.56 Å². The van der Waals surface area contributed by atoms with Crippen molar-refractivity contribution < 1.29 is 14.4 Å². The molecule has 1 unspecified atom stereocenters. The van der Waals surface area contributed by atoms with E-state index in [1.165, 1.54) is 0 Å². The van der Waals surface area contributed by atoms with Crippen LogP contribution in [0.1, 0.15) is 28.8 Å². The number of hydrogen-bond acceptors (Lipinski definition) is 3. The Kier molecular flexibility index (Phi) is 6.54. The number of halogens is 2. The molecule has 0 aromatic heterocycles. The topological polar surface area (TPSA) is 87.3 Å². The van der Waals surface area contributed by atoms with Crippen LogP contribution in [0.25, 0.3) is 0 Å². The first-order valence-electron chi connectivity index (χ1n) is 8.85. The van der Waals surface area contributed by atoms with Crippen molar-refractivity contribution in [3.8, 4) is 0 Å². The van der Waals surface area contributed by atoms with Crippen molar-refractivity contribution in [1.29, 1.82) is 0 Å². The molecule has 0 radical (unpaired) electrons. The minimum Gasteiger partial charge on any atom is -0.356 e. The summed E-state index contributed by atoms with van der Waals surface area (Å²) in [5.41, 5.74) is 1.76. The van der Waals surface area contributed by atoms with Crippen LogP contribution in [0.15, 0.2) is 42.5 Å². The number of carbonyl (C=O) groups is 3. The van der Waals surface area contributed by atoms with Gasteiger partial charge in [0.15, 0.2) is 0 Å². The summed E-state index contributed by atoms with van der Waals surface area (Å²) in [5.74, 6) is -0.871. The zero-order valence-electron chi connectivity index (χ0n) is 14.9. The van der Waals surface area contributed by atoms with Crippen molar-refractivity contribution in [3.63, 3.8) is 0 Å². The van der Waals surface area contributed by atoms with Crippen LogP contribution in [0.2, 0.25) is 10.0 Å². The maximum absolute atomic E-state index is 12.3. The number of amides is 3. The lowest BCUT2D eigenvalue weighted by molar-refractivity contribution is -0.121. The molecule has 28 heavy (non-hydrogen) atoms. The second-order valence-corrected chi connectivity index (χ2v) is 7.28. The van der Waals surface area contributed by atoms with Gasteiger partial charge in [-0.1, -0.05) is 41.4 Å². The molecule has 0 saturated carbocycles. The fourth-order valence-electron chi connectivity index (χ4n) is 2.94. The molecule has 3 amide bonds. The van der Waals surface area contributed by atoms with Crippen molar-refractivity contribution in [2.45, 2.75) is 25.3 Å². The molecule has 146 valence electrons. The van der Waals surface area contributed by atoms with E-state index in [-0.39, 0.29) is 30.6 Å². The van der Waals surface area contributed by atoms with Gasteiger partial charge in [-0.3, -0.25) is 14.4 Å². The van der Waals surface area contributed by atoms with Crippen LogP contribution in [-0.4, -0.2) is 30.3 Å². The molecule has 0 saturated heterocycles. The van der Waals surface area contributed by atoms with Crippen molar-refractivity contribution in [2.75, 3.05) is 11.9 Å². The lowest BCUT2D eigenvalue weighted by atomic mass is 10.1. The monoisotopic (exact) mass is 419 g/mol. The lowest BCUT2D eigenvalue weighted by Crippen LogP contribution is -2.42. The van der Waals surface area contributed by atoms with Crippen molar-refractivity contribution >= 4 is 46.6 Å². The zero-order chi connectivity index (χ0) is 20.1. The van der Waals surface area contributed by atoms with Gasteiger partial charge in [-0.05, 0) is 42.7 Å². The fourth-order valence-corrected chi connectivity index (χ4v) is 3.44. The number of nitrogens with one attached hydrogen (secondary N) is 3. The third kappa shape index (κ3) is 5.03. The highest BCUT2D eigenvalue weighted by Gasteiger charge is 2.27. The number of para-hydroxylation sites is 1. The van der Waals surface area contributed by atoms with Crippen molar-refractivity contribution in [3.05, 3.63) is 63.6 Å². The van der Waals surface area contributed by atoms with Gasteiger partial charge in [0.25, 0.3) is 5.91 Å². The van der Waals surface area contributed by atoms with E-state index < -0.39 is 6.04 Å². The molecule has 1 heterocycles. The number of rotatable bonds is 6. The van der Waals surface area contributed by atoms with E-state index in [4.69, 9.17) is 23.2 Å². The molecule has 1 aliphatic rings. The molecule has 3 N–H and O–H groups in total. The summed E-state index contributed by atoms with van der Waals surface area (Å²) in [7, 11) is 0. The van der Waals surface area contributed by atoms with Gasteiger partial charge in [0.2, 0.25) is 11.8 Å². The SMILES string of the molecule is O=C(CCC1NC(=O)c2ccccc2NC1=O)NCCc1ccc(Cl)cc1Cl. The average molecular weight is 420 g/mol. The zero-order valence-corrected chi connectivity index (χ0v) is 16.4. The Hall–Kier alpha value is -2.57. The molecule has 0 spiro atoms. The third-order valence-electron chi connectivity index (χ3n) is 4.44. The second kappa shape index (κ2) is 9.08. The minimum absolute atomic E-state index is 0.114. The molecule has 3 rings (SSSR count). The molecule has 0 bridgehead atoms. The van der Waals surface area contributed by atoms with Gasteiger partial charge in [-0.2, -0.15) is 0 Å². The summed E-state index contributed by atoms with van der Waals surface area (Å²) >= 11 is 12.0. The highest BCUT2D eigenvalue weighted by Crippen LogP contribution is 2.21. The Morgan fingerprint density at radius 2 is 1.89 bits per heavy atom. The molecule has 2 aromatic rings. The Bertz CT molecular complexity index is 917. The van der Waals surface area contributed by atoms with Gasteiger partial charge < -0.3 is 16.0 Å². The summed E-state index contributed by atoms with van der Waals surface area (Å²) < 4.78 is 0. The Balaban J connectivity index is 1.48. The summed E-state index contributed by atoms with van der Waals surface area (Å²) in [4.78, 5) is 36.7. The van der Waals surface area contributed by atoms with Crippen molar-refractivity contribution in [2.24, 2.45) is 0 Å². The highest BCUT2D eigenvalue weighted by molar-refractivity contribution is 6.35. The summed E-state index contributed by atoms with van der Waals surface area (Å²) in [6.45, 7) is 0.412. The second-order valence-electron chi connectivity index (χ2n) is 6.44. The molecule has 8 heteroatoms. The molecule has 2 aromatic carbocycles. The Labute approximate surface area is 172 Å². The third-order valence-corrected chi connectivity index (χ3v) is 5.03. The lowest BCUT2D eigenvalue weighted by Gasteiger charge is -2.14. The molecular formula is C20H19Cl2N3O3. The van der Waals surface area contributed by atoms with Gasteiger partial charge in [-0.15, -0.1) is 0 Å². The fraction of sp³-hybridized carbons (Fsp3) is 0.250. The van der Waals surface area contributed by atoms with E-state index in [1.54, 1.807) is 36.4 Å². The summed E-state index contributed by atoms with van der Waals surface area (Å²) in [5, 5.41) is 9.31. The molecule has 1 atom stereocenters. The largest absolute Gasteiger partial charge is 0.356 e. The Morgan fingerprint density at radius 1 is 1.11 bits per heavy atom.